The third kappa shape index (κ3) is 2.68. The second kappa shape index (κ2) is 5.72. The van der Waals surface area contributed by atoms with E-state index in [1.54, 1.807) is 6.92 Å². The summed E-state index contributed by atoms with van der Waals surface area (Å²) in [6, 6.07) is 0. The zero-order chi connectivity index (χ0) is 14.0. The molecule has 0 saturated carbocycles. The van der Waals surface area contributed by atoms with Crippen molar-refractivity contribution >= 4 is 0 Å². The van der Waals surface area contributed by atoms with Crippen LogP contribution < -0.4 is 0 Å². The van der Waals surface area contributed by atoms with Gasteiger partial charge in [0.15, 0.2) is 17.5 Å². The second-order valence-electron chi connectivity index (χ2n) is 5.03. The normalized spacial score (nSPS) is 13.2. The Hall–Kier alpha value is -1.06. The van der Waals surface area contributed by atoms with Crippen LogP contribution in [-0.4, -0.2) is 0 Å². The molecule has 1 aromatic carbocycles. The minimum atomic E-state index is -1.58. The zero-order valence-electron chi connectivity index (χ0n) is 11.1. The lowest BCUT2D eigenvalue weighted by Crippen LogP contribution is -2.12. The first-order valence-corrected chi connectivity index (χ1v) is 6.13. The summed E-state index contributed by atoms with van der Waals surface area (Å²) in [6.07, 6.45) is 1.02. The Morgan fingerprint density at radius 2 is 1.44 bits per heavy atom. The van der Waals surface area contributed by atoms with E-state index in [-0.39, 0.29) is 11.5 Å². The summed E-state index contributed by atoms with van der Waals surface area (Å²) in [7, 11) is 0. The summed E-state index contributed by atoms with van der Waals surface area (Å²) in [5.41, 5.74) is -0.770. The van der Waals surface area contributed by atoms with Crippen molar-refractivity contribution in [3.05, 3.63) is 34.4 Å². The molecule has 0 aliphatic heterocycles. The van der Waals surface area contributed by atoms with Crippen LogP contribution in [0.25, 0.3) is 0 Å². The molecule has 18 heavy (non-hydrogen) atoms. The van der Waals surface area contributed by atoms with E-state index in [1.165, 1.54) is 0 Å². The van der Waals surface area contributed by atoms with Crippen LogP contribution in [0.4, 0.5) is 17.6 Å². The van der Waals surface area contributed by atoms with Crippen LogP contribution in [0.1, 0.15) is 50.7 Å². The van der Waals surface area contributed by atoms with Crippen molar-refractivity contribution in [2.75, 3.05) is 0 Å². The fourth-order valence-corrected chi connectivity index (χ4v) is 2.19. The van der Waals surface area contributed by atoms with E-state index < -0.39 is 34.8 Å². The van der Waals surface area contributed by atoms with Gasteiger partial charge in [0.25, 0.3) is 0 Å². The Bertz CT molecular complexity index is 409. The molecule has 1 unspecified atom stereocenters. The Balaban J connectivity index is 3.39. The van der Waals surface area contributed by atoms with E-state index in [2.05, 4.69) is 0 Å². The molecular weight excluding hydrogens is 244 g/mol. The van der Waals surface area contributed by atoms with Crippen LogP contribution in [0.15, 0.2) is 0 Å². The van der Waals surface area contributed by atoms with Crippen LogP contribution in [-0.2, 0) is 0 Å². The summed E-state index contributed by atoms with van der Waals surface area (Å²) in [6.45, 7) is 6.75. The SMILES string of the molecule is CCC(CC(C)C)c1c(F)c(C)c(F)c(F)c1F. The van der Waals surface area contributed by atoms with E-state index in [0.717, 1.165) is 6.92 Å². The van der Waals surface area contributed by atoms with Crippen LogP contribution in [0.2, 0.25) is 0 Å². The molecule has 0 amide bonds. The summed E-state index contributed by atoms with van der Waals surface area (Å²) < 4.78 is 54.2. The van der Waals surface area contributed by atoms with Gasteiger partial charge in [-0.25, -0.2) is 17.6 Å². The highest BCUT2D eigenvalue weighted by molar-refractivity contribution is 5.32. The molecule has 0 heterocycles. The van der Waals surface area contributed by atoms with Crippen molar-refractivity contribution in [1.82, 2.24) is 0 Å². The van der Waals surface area contributed by atoms with Crippen molar-refractivity contribution < 1.29 is 17.6 Å². The summed E-state index contributed by atoms with van der Waals surface area (Å²) in [4.78, 5) is 0. The zero-order valence-corrected chi connectivity index (χ0v) is 11.1. The summed E-state index contributed by atoms with van der Waals surface area (Å²) >= 11 is 0. The molecular formula is C14H18F4. The molecule has 0 nitrogen and oxygen atoms in total. The Morgan fingerprint density at radius 1 is 0.889 bits per heavy atom. The van der Waals surface area contributed by atoms with E-state index in [4.69, 9.17) is 0 Å². The lowest BCUT2D eigenvalue weighted by Gasteiger charge is -2.20. The van der Waals surface area contributed by atoms with Crippen molar-refractivity contribution in [3.8, 4) is 0 Å². The third-order valence-electron chi connectivity index (χ3n) is 3.17. The highest BCUT2D eigenvalue weighted by Gasteiger charge is 2.27. The first kappa shape index (κ1) is 15.0. The monoisotopic (exact) mass is 262 g/mol. The Morgan fingerprint density at radius 3 is 1.89 bits per heavy atom. The molecule has 0 bridgehead atoms. The highest BCUT2D eigenvalue weighted by Crippen LogP contribution is 2.34. The van der Waals surface area contributed by atoms with Crippen molar-refractivity contribution in [2.45, 2.75) is 46.5 Å². The first-order chi connectivity index (χ1) is 8.31. The van der Waals surface area contributed by atoms with Crippen LogP contribution in [0, 0.1) is 36.1 Å². The Kier molecular flexibility index (Phi) is 4.77. The molecule has 0 spiro atoms. The first-order valence-electron chi connectivity index (χ1n) is 6.13. The summed E-state index contributed by atoms with van der Waals surface area (Å²) in [5.74, 6) is -5.57. The molecule has 0 aliphatic rings. The minimum Gasteiger partial charge on any atom is -0.206 e. The molecule has 0 aliphatic carbocycles. The van der Waals surface area contributed by atoms with E-state index in [1.807, 2.05) is 13.8 Å². The maximum Gasteiger partial charge on any atom is 0.195 e. The fourth-order valence-electron chi connectivity index (χ4n) is 2.19. The van der Waals surface area contributed by atoms with Gasteiger partial charge in [0.2, 0.25) is 0 Å². The van der Waals surface area contributed by atoms with E-state index >= 15 is 0 Å². The minimum absolute atomic E-state index is 0.224. The topological polar surface area (TPSA) is 0 Å². The predicted octanol–water partition coefficient (Wildman–Crippen LogP) is 5.09. The van der Waals surface area contributed by atoms with Gasteiger partial charge in [-0.15, -0.1) is 0 Å². The maximum absolute atomic E-state index is 13.9. The second-order valence-corrected chi connectivity index (χ2v) is 5.03. The predicted molar refractivity (Wildman–Crippen MR) is 63.5 cm³/mol. The average Bonchev–Trinajstić information content (AvgIpc) is 2.32. The standard InChI is InChI=1S/C14H18F4/c1-5-9(6-7(2)3)10-11(15)8(4)12(16)14(18)13(10)17/h7,9H,5-6H2,1-4H3. The van der Waals surface area contributed by atoms with Crippen LogP contribution >= 0.6 is 0 Å². The van der Waals surface area contributed by atoms with Crippen molar-refractivity contribution in [3.63, 3.8) is 0 Å². The molecule has 1 atom stereocenters. The summed E-state index contributed by atoms with van der Waals surface area (Å²) in [5, 5.41) is 0. The van der Waals surface area contributed by atoms with Crippen LogP contribution in [0.5, 0.6) is 0 Å². The Labute approximate surface area is 105 Å². The lowest BCUT2D eigenvalue weighted by atomic mass is 9.86. The van der Waals surface area contributed by atoms with Crippen LogP contribution in [0.3, 0.4) is 0 Å². The molecule has 0 saturated heterocycles. The smallest absolute Gasteiger partial charge is 0.195 e. The molecule has 0 aromatic heterocycles. The molecule has 1 aromatic rings. The number of hydrogen-bond acceptors (Lipinski definition) is 0. The van der Waals surface area contributed by atoms with Gasteiger partial charge in [-0.05, 0) is 31.6 Å². The molecule has 4 heteroatoms. The van der Waals surface area contributed by atoms with Gasteiger partial charge in [-0.1, -0.05) is 20.8 Å². The van der Waals surface area contributed by atoms with Gasteiger partial charge in [-0.3, -0.25) is 0 Å². The highest BCUT2D eigenvalue weighted by atomic mass is 19.2. The number of hydrogen-bond donors (Lipinski definition) is 0. The van der Waals surface area contributed by atoms with E-state index in [9.17, 15) is 17.6 Å². The van der Waals surface area contributed by atoms with Gasteiger partial charge in [-0.2, -0.15) is 0 Å². The van der Waals surface area contributed by atoms with Gasteiger partial charge >= 0.3 is 0 Å². The molecule has 0 N–H and O–H groups in total. The molecule has 0 radical (unpaired) electrons. The number of benzene rings is 1. The molecule has 0 fully saturated rings. The quantitative estimate of drug-likeness (QED) is 0.402. The van der Waals surface area contributed by atoms with Gasteiger partial charge < -0.3 is 0 Å². The fraction of sp³-hybridized carbons (Fsp3) is 0.571. The van der Waals surface area contributed by atoms with Gasteiger partial charge in [0.1, 0.15) is 5.82 Å². The van der Waals surface area contributed by atoms with Crippen molar-refractivity contribution in [2.24, 2.45) is 5.92 Å². The van der Waals surface area contributed by atoms with E-state index in [0.29, 0.717) is 12.8 Å². The average molecular weight is 262 g/mol. The third-order valence-corrected chi connectivity index (χ3v) is 3.17. The van der Waals surface area contributed by atoms with Gasteiger partial charge in [0, 0.05) is 11.1 Å². The molecule has 1 rings (SSSR count). The number of halogens is 4. The maximum atomic E-state index is 13.9. The molecule has 102 valence electrons. The van der Waals surface area contributed by atoms with Crippen molar-refractivity contribution in [1.29, 1.82) is 0 Å². The number of rotatable bonds is 4. The van der Waals surface area contributed by atoms with Gasteiger partial charge in [0.05, 0.1) is 0 Å². The largest absolute Gasteiger partial charge is 0.206 e. The lowest BCUT2D eigenvalue weighted by molar-refractivity contribution is 0.393.